The van der Waals surface area contributed by atoms with Crippen molar-refractivity contribution in [2.24, 2.45) is 4.99 Å². The van der Waals surface area contributed by atoms with Gasteiger partial charge in [-0.2, -0.15) is 0 Å². The molecule has 1 aliphatic heterocycles. The fourth-order valence-electron chi connectivity index (χ4n) is 3.19. The van der Waals surface area contributed by atoms with Gasteiger partial charge in [-0.1, -0.05) is 78.7 Å². The van der Waals surface area contributed by atoms with Crippen molar-refractivity contribution >= 4 is 68.6 Å². The number of amidine groups is 1. The molecule has 3 aromatic rings. The van der Waals surface area contributed by atoms with Crippen LogP contribution in [0.5, 0.6) is 0 Å². The normalized spacial score (nSPS) is 17.1. The zero-order valence-electron chi connectivity index (χ0n) is 15.7. The molecule has 0 saturated carbocycles. The summed E-state index contributed by atoms with van der Waals surface area (Å²) >= 11 is 13.8. The number of amides is 1. The van der Waals surface area contributed by atoms with E-state index >= 15 is 0 Å². The lowest BCUT2D eigenvalue weighted by Gasteiger charge is -2.14. The summed E-state index contributed by atoms with van der Waals surface area (Å²) in [6.07, 6.45) is 2.63. The van der Waals surface area contributed by atoms with Crippen LogP contribution in [0.2, 0.25) is 10.0 Å². The first-order valence-electron chi connectivity index (χ1n) is 9.30. The van der Waals surface area contributed by atoms with Crippen LogP contribution < -0.4 is 0 Å². The summed E-state index contributed by atoms with van der Waals surface area (Å²) in [6.45, 7) is 2.65. The maximum atomic E-state index is 13.0. The number of hydrogen-bond donors (Lipinski definition) is 0. The second kappa shape index (κ2) is 8.62. The smallest absolute Gasteiger partial charge is 0.266 e. The molecule has 1 heterocycles. The van der Waals surface area contributed by atoms with Gasteiger partial charge in [-0.05, 0) is 47.3 Å². The van der Waals surface area contributed by atoms with Gasteiger partial charge in [0.2, 0.25) is 0 Å². The van der Waals surface area contributed by atoms with Gasteiger partial charge in [-0.25, -0.2) is 4.99 Å². The van der Waals surface area contributed by atoms with Gasteiger partial charge in [0.05, 0.1) is 20.6 Å². The van der Waals surface area contributed by atoms with Crippen LogP contribution in [0.3, 0.4) is 0 Å². The summed E-state index contributed by atoms with van der Waals surface area (Å²) < 4.78 is 0. The van der Waals surface area contributed by atoms with Gasteiger partial charge in [0.25, 0.3) is 5.91 Å². The van der Waals surface area contributed by atoms with Crippen LogP contribution in [0.15, 0.2) is 70.6 Å². The Kier molecular flexibility index (Phi) is 5.95. The van der Waals surface area contributed by atoms with Crippen LogP contribution in [0.4, 0.5) is 5.69 Å². The molecule has 0 aliphatic carbocycles. The monoisotopic (exact) mass is 440 g/mol. The molecule has 0 bridgehead atoms. The SMILES string of the molecule is CCCN1C(=O)/C(=C/c2cccc(Cl)c2Cl)SC1=Nc1cccc2ccccc12. The lowest BCUT2D eigenvalue weighted by atomic mass is 10.1. The summed E-state index contributed by atoms with van der Waals surface area (Å²) in [5, 5.41) is 3.76. The van der Waals surface area contributed by atoms with Crippen molar-refractivity contribution in [3.8, 4) is 0 Å². The van der Waals surface area contributed by atoms with Gasteiger partial charge in [-0.15, -0.1) is 0 Å². The van der Waals surface area contributed by atoms with E-state index in [0.717, 1.165) is 28.4 Å². The number of benzene rings is 3. The van der Waals surface area contributed by atoms with E-state index in [9.17, 15) is 4.79 Å². The topological polar surface area (TPSA) is 32.7 Å². The molecular formula is C23H18Cl2N2OS. The second-order valence-electron chi connectivity index (χ2n) is 6.60. The molecule has 1 saturated heterocycles. The van der Waals surface area contributed by atoms with Crippen LogP contribution in [0, 0.1) is 0 Å². The van der Waals surface area contributed by atoms with E-state index in [1.165, 1.54) is 11.8 Å². The maximum Gasteiger partial charge on any atom is 0.266 e. The molecule has 0 atom stereocenters. The highest BCUT2D eigenvalue weighted by atomic mass is 35.5. The van der Waals surface area contributed by atoms with Crippen molar-refractivity contribution in [3.05, 3.63) is 81.2 Å². The van der Waals surface area contributed by atoms with Gasteiger partial charge in [-0.3, -0.25) is 9.69 Å². The minimum Gasteiger partial charge on any atom is -0.286 e. The lowest BCUT2D eigenvalue weighted by molar-refractivity contribution is -0.122. The molecule has 4 rings (SSSR count). The molecule has 1 fully saturated rings. The molecule has 0 unspecified atom stereocenters. The number of carbonyl (C=O) groups excluding carboxylic acids is 1. The van der Waals surface area contributed by atoms with E-state index in [1.807, 2.05) is 49.4 Å². The summed E-state index contributed by atoms with van der Waals surface area (Å²) in [5.41, 5.74) is 1.57. The zero-order valence-corrected chi connectivity index (χ0v) is 18.1. The van der Waals surface area contributed by atoms with Gasteiger partial charge in [0.15, 0.2) is 5.17 Å². The second-order valence-corrected chi connectivity index (χ2v) is 8.40. The Morgan fingerprint density at radius 2 is 1.79 bits per heavy atom. The first-order valence-corrected chi connectivity index (χ1v) is 10.9. The molecular weight excluding hydrogens is 423 g/mol. The average molecular weight is 441 g/mol. The fraction of sp³-hybridized carbons (Fsp3) is 0.130. The predicted molar refractivity (Wildman–Crippen MR) is 125 cm³/mol. The van der Waals surface area contributed by atoms with Crippen molar-refractivity contribution in [1.82, 2.24) is 4.90 Å². The molecule has 6 heteroatoms. The number of thioether (sulfide) groups is 1. The summed E-state index contributed by atoms with van der Waals surface area (Å²) in [7, 11) is 0. The molecule has 3 aromatic carbocycles. The highest BCUT2D eigenvalue weighted by Gasteiger charge is 2.33. The molecule has 1 amide bonds. The summed E-state index contributed by atoms with van der Waals surface area (Å²) in [4.78, 5) is 20.2. The molecule has 3 nitrogen and oxygen atoms in total. The van der Waals surface area contributed by atoms with Crippen LogP contribution in [0.1, 0.15) is 18.9 Å². The Bertz CT molecular complexity index is 1150. The van der Waals surface area contributed by atoms with Crippen LogP contribution >= 0.6 is 35.0 Å². The summed E-state index contributed by atoms with van der Waals surface area (Å²) in [6, 6.07) is 19.5. The first-order chi connectivity index (χ1) is 14.1. The zero-order chi connectivity index (χ0) is 20.4. The third-order valence-corrected chi connectivity index (χ3v) is 6.43. The van der Waals surface area contributed by atoms with Crippen molar-refractivity contribution < 1.29 is 4.79 Å². The first kappa shape index (κ1) is 20.0. The lowest BCUT2D eigenvalue weighted by Crippen LogP contribution is -2.29. The number of carbonyl (C=O) groups is 1. The average Bonchev–Trinajstić information content (AvgIpc) is 3.01. The number of rotatable bonds is 4. The number of aliphatic imine (C=N–C) groups is 1. The molecule has 29 heavy (non-hydrogen) atoms. The van der Waals surface area contributed by atoms with Crippen LogP contribution in [-0.4, -0.2) is 22.5 Å². The Hall–Kier alpha value is -2.27. The molecule has 0 radical (unpaired) electrons. The minimum absolute atomic E-state index is 0.0631. The fourth-order valence-corrected chi connectivity index (χ4v) is 4.57. The van der Waals surface area contributed by atoms with Crippen molar-refractivity contribution in [2.45, 2.75) is 13.3 Å². The highest BCUT2D eigenvalue weighted by molar-refractivity contribution is 8.18. The Morgan fingerprint density at radius 1 is 1.03 bits per heavy atom. The number of hydrogen-bond acceptors (Lipinski definition) is 3. The molecule has 0 aromatic heterocycles. The van der Waals surface area contributed by atoms with Gasteiger partial charge >= 0.3 is 0 Å². The van der Waals surface area contributed by atoms with E-state index in [4.69, 9.17) is 28.2 Å². The van der Waals surface area contributed by atoms with Gasteiger partial charge in [0.1, 0.15) is 0 Å². The standard InChI is InChI=1S/C23H18Cl2N2OS/c1-2-13-27-22(28)20(14-16-9-5-11-18(24)21(16)25)29-23(27)26-19-12-6-8-15-7-3-4-10-17(15)19/h3-12,14H,2,13H2,1H3/b20-14-,26-23?. The maximum absolute atomic E-state index is 13.0. The molecule has 0 N–H and O–H groups in total. The largest absolute Gasteiger partial charge is 0.286 e. The number of halogens is 2. The molecule has 1 aliphatic rings. The van der Waals surface area contributed by atoms with Crippen molar-refractivity contribution in [3.63, 3.8) is 0 Å². The third-order valence-electron chi connectivity index (χ3n) is 4.59. The van der Waals surface area contributed by atoms with E-state index in [1.54, 1.807) is 17.0 Å². The number of fused-ring (bicyclic) bond motifs is 1. The Morgan fingerprint density at radius 3 is 2.62 bits per heavy atom. The van der Waals surface area contributed by atoms with Crippen molar-refractivity contribution in [1.29, 1.82) is 0 Å². The van der Waals surface area contributed by atoms with Crippen LogP contribution in [0.25, 0.3) is 16.8 Å². The van der Waals surface area contributed by atoms with E-state index in [2.05, 4.69) is 12.1 Å². The van der Waals surface area contributed by atoms with Gasteiger partial charge < -0.3 is 0 Å². The van der Waals surface area contributed by atoms with E-state index < -0.39 is 0 Å². The summed E-state index contributed by atoms with van der Waals surface area (Å²) in [5.74, 6) is -0.0631. The predicted octanol–water partition coefficient (Wildman–Crippen LogP) is 7.16. The van der Waals surface area contributed by atoms with Crippen LogP contribution in [-0.2, 0) is 4.79 Å². The third kappa shape index (κ3) is 4.06. The van der Waals surface area contributed by atoms with Crippen molar-refractivity contribution in [2.75, 3.05) is 6.54 Å². The minimum atomic E-state index is -0.0631. The number of nitrogens with zero attached hydrogens (tertiary/aromatic N) is 2. The molecule has 0 spiro atoms. The molecule has 146 valence electrons. The Labute approximate surface area is 184 Å². The van der Waals surface area contributed by atoms with Gasteiger partial charge in [0, 0.05) is 11.9 Å². The quantitative estimate of drug-likeness (QED) is 0.403. The van der Waals surface area contributed by atoms with E-state index in [-0.39, 0.29) is 5.91 Å². The highest BCUT2D eigenvalue weighted by Crippen LogP contribution is 2.37. The Balaban J connectivity index is 1.77. The van der Waals surface area contributed by atoms with E-state index in [0.29, 0.717) is 26.7 Å².